The number of rotatable bonds is 4. The van der Waals surface area contributed by atoms with Crippen molar-refractivity contribution in [3.05, 3.63) is 17.8 Å². The van der Waals surface area contributed by atoms with Gasteiger partial charge in [-0.3, -0.25) is 4.79 Å². The van der Waals surface area contributed by atoms with Crippen molar-refractivity contribution >= 4 is 11.7 Å². The third-order valence-electron chi connectivity index (χ3n) is 5.33. The highest BCUT2D eigenvalue weighted by Gasteiger charge is 2.43. The second kappa shape index (κ2) is 7.47. The third-order valence-corrected chi connectivity index (χ3v) is 5.33. The minimum absolute atomic E-state index is 0.284. The van der Waals surface area contributed by atoms with Gasteiger partial charge in [0.15, 0.2) is 5.82 Å². The van der Waals surface area contributed by atoms with Crippen LogP contribution in [-0.4, -0.2) is 60.9 Å². The normalized spacial score (nSPS) is 20.9. The number of carbonyl (C=O) groups is 1. The molecule has 24 heavy (non-hydrogen) atoms. The van der Waals surface area contributed by atoms with Crippen molar-refractivity contribution in [2.24, 2.45) is 5.41 Å². The summed E-state index contributed by atoms with van der Waals surface area (Å²) in [7, 11) is 1.70. The molecule has 6 nitrogen and oxygen atoms in total. The lowest BCUT2D eigenvalue weighted by molar-refractivity contribution is -0.144. The van der Waals surface area contributed by atoms with Crippen molar-refractivity contribution in [2.45, 2.75) is 39.0 Å². The molecule has 2 heterocycles. The molecule has 2 aliphatic rings. The Morgan fingerprint density at radius 2 is 1.92 bits per heavy atom. The Bertz CT molecular complexity index is 555. The van der Waals surface area contributed by atoms with Crippen LogP contribution < -0.4 is 4.90 Å². The molecule has 6 heteroatoms. The number of carbonyl (C=O) groups excluding carboxylic acids is 1. The van der Waals surface area contributed by atoms with Gasteiger partial charge in [0.25, 0.3) is 0 Å². The summed E-state index contributed by atoms with van der Waals surface area (Å²) in [4.78, 5) is 17.4. The standard InChI is InChI=1S/C18H28N4O2/c1-15-6-7-16(20-19-15)21-10-5-11-22(13-12-21)17(23)18(14-24-2)8-3-4-9-18/h6-7H,3-5,8-14H2,1-2H3. The molecule has 1 aromatic rings. The van der Waals surface area contributed by atoms with Gasteiger partial charge in [0, 0.05) is 33.3 Å². The first-order valence-electron chi connectivity index (χ1n) is 8.98. The van der Waals surface area contributed by atoms with E-state index < -0.39 is 0 Å². The lowest BCUT2D eigenvalue weighted by atomic mass is 9.85. The number of hydrogen-bond acceptors (Lipinski definition) is 5. The molecule has 1 saturated heterocycles. The Morgan fingerprint density at radius 3 is 2.58 bits per heavy atom. The van der Waals surface area contributed by atoms with Crippen LogP contribution in [-0.2, 0) is 9.53 Å². The smallest absolute Gasteiger partial charge is 0.231 e. The van der Waals surface area contributed by atoms with Crippen molar-refractivity contribution in [3.8, 4) is 0 Å². The van der Waals surface area contributed by atoms with E-state index in [-0.39, 0.29) is 5.41 Å². The van der Waals surface area contributed by atoms with Crippen LogP contribution in [0.5, 0.6) is 0 Å². The monoisotopic (exact) mass is 332 g/mol. The molecular formula is C18H28N4O2. The van der Waals surface area contributed by atoms with Crippen LogP contribution in [0.1, 0.15) is 37.8 Å². The fraction of sp³-hybridized carbons (Fsp3) is 0.722. The zero-order chi connectivity index (χ0) is 17.0. The molecular weight excluding hydrogens is 304 g/mol. The summed E-state index contributed by atoms with van der Waals surface area (Å²) in [5.74, 6) is 1.20. The van der Waals surface area contributed by atoms with E-state index in [0.29, 0.717) is 12.5 Å². The summed E-state index contributed by atoms with van der Waals surface area (Å²) in [5, 5.41) is 8.44. The average Bonchev–Trinajstić information content (AvgIpc) is 2.93. The summed E-state index contributed by atoms with van der Waals surface area (Å²) in [6, 6.07) is 4.01. The van der Waals surface area contributed by atoms with Crippen molar-refractivity contribution in [3.63, 3.8) is 0 Å². The summed E-state index contributed by atoms with van der Waals surface area (Å²) >= 11 is 0. The molecule has 1 aromatic heterocycles. The Labute approximate surface area is 144 Å². The van der Waals surface area contributed by atoms with Crippen LogP contribution in [0.15, 0.2) is 12.1 Å². The van der Waals surface area contributed by atoms with Gasteiger partial charge in [-0.05, 0) is 38.3 Å². The number of aryl methyl sites for hydroxylation is 1. The summed E-state index contributed by atoms with van der Waals surface area (Å²) < 4.78 is 5.40. The van der Waals surface area contributed by atoms with Crippen LogP contribution in [0, 0.1) is 12.3 Å². The molecule has 1 aliphatic carbocycles. The number of ether oxygens (including phenoxy) is 1. The fourth-order valence-electron chi connectivity index (χ4n) is 3.99. The van der Waals surface area contributed by atoms with E-state index in [1.807, 2.05) is 24.0 Å². The van der Waals surface area contributed by atoms with Gasteiger partial charge >= 0.3 is 0 Å². The Hall–Kier alpha value is -1.69. The van der Waals surface area contributed by atoms with Crippen LogP contribution in [0.3, 0.4) is 0 Å². The summed E-state index contributed by atoms with van der Waals surface area (Å²) in [5.41, 5.74) is 0.640. The maximum Gasteiger partial charge on any atom is 0.231 e. The number of amides is 1. The lowest BCUT2D eigenvalue weighted by Crippen LogP contribution is -2.46. The van der Waals surface area contributed by atoms with Crippen LogP contribution in [0.2, 0.25) is 0 Å². The molecule has 132 valence electrons. The van der Waals surface area contributed by atoms with E-state index >= 15 is 0 Å². The predicted molar refractivity (Wildman–Crippen MR) is 93.0 cm³/mol. The molecule has 0 atom stereocenters. The van der Waals surface area contributed by atoms with E-state index in [2.05, 4.69) is 15.1 Å². The minimum atomic E-state index is -0.284. The van der Waals surface area contributed by atoms with E-state index in [0.717, 1.165) is 69.8 Å². The van der Waals surface area contributed by atoms with E-state index in [1.54, 1.807) is 7.11 Å². The number of anilines is 1. The molecule has 2 fully saturated rings. The zero-order valence-electron chi connectivity index (χ0n) is 14.8. The number of methoxy groups -OCH3 is 1. The van der Waals surface area contributed by atoms with Crippen LogP contribution >= 0.6 is 0 Å². The first kappa shape index (κ1) is 17.1. The molecule has 0 N–H and O–H groups in total. The van der Waals surface area contributed by atoms with Gasteiger partial charge in [-0.1, -0.05) is 12.8 Å². The Kier molecular flexibility index (Phi) is 5.33. The molecule has 3 rings (SSSR count). The van der Waals surface area contributed by atoms with Crippen molar-refractivity contribution < 1.29 is 9.53 Å². The molecule has 0 bridgehead atoms. The maximum atomic E-state index is 13.2. The highest BCUT2D eigenvalue weighted by Crippen LogP contribution is 2.40. The largest absolute Gasteiger partial charge is 0.384 e. The molecule has 0 unspecified atom stereocenters. The van der Waals surface area contributed by atoms with E-state index in [4.69, 9.17) is 4.74 Å². The minimum Gasteiger partial charge on any atom is -0.384 e. The number of hydrogen-bond donors (Lipinski definition) is 0. The third kappa shape index (κ3) is 3.53. The quantitative estimate of drug-likeness (QED) is 0.844. The van der Waals surface area contributed by atoms with Gasteiger partial charge in [-0.15, -0.1) is 5.10 Å². The predicted octanol–water partition coefficient (Wildman–Crippen LogP) is 2.03. The SMILES string of the molecule is COCC1(C(=O)N2CCCN(c3ccc(C)nn3)CC2)CCCC1. The van der Waals surface area contributed by atoms with Gasteiger partial charge in [0.1, 0.15) is 0 Å². The van der Waals surface area contributed by atoms with Gasteiger partial charge in [-0.2, -0.15) is 5.10 Å². The zero-order valence-corrected chi connectivity index (χ0v) is 14.8. The maximum absolute atomic E-state index is 13.2. The number of nitrogens with zero attached hydrogens (tertiary/aromatic N) is 4. The fourth-order valence-corrected chi connectivity index (χ4v) is 3.99. The average molecular weight is 332 g/mol. The first-order valence-corrected chi connectivity index (χ1v) is 8.98. The van der Waals surface area contributed by atoms with Gasteiger partial charge < -0.3 is 14.5 Å². The highest BCUT2D eigenvalue weighted by atomic mass is 16.5. The second-order valence-corrected chi connectivity index (χ2v) is 7.09. The van der Waals surface area contributed by atoms with Gasteiger partial charge in [-0.25, -0.2) is 0 Å². The van der Waals surface area contributed by atoms with E-state index in [1.165, 1.54) is 0 Å². The van der Waals surface area contributed by atoms with Crippen molar-refractivity contribution in [1.82, 2.24) is 15.1 Å². The van der Waals surface area contributed by atoms with Gasteiger partial charge in [0.2, 0.25) is 5.91 Å². The molecule has 1 aliphatic heterocycles. The summed E-state index contributed by atoms with van der Waals surface area (Å²) in [6.45, 7) is 5.79. The second-order valence-electron chi connectivity index (χ2n) is 7.09. The lowest BCUT2D eigenvalue weighted by Gasteiger charge is -2.33. The molecule has 0 radical (unpaired) electrons. The van der Waals surface area contributed by atoms with Gasteiger partial charge in [0.05, 0.1) is 17.7 Å². The van der Waals surface area contributed by atoms with Crippen LogP contribution in [0.4, 0.5) is 5.82 Å². The summed E-state index contributed by atoms with van der Waals surface area (Å²) in [6.07, 6.45) is 5.15. The molecule has 0 aromatic carbocycles. The van der Waals surface area contributed by atoms with Crippen molar-refractivity contribution in [1.29, 1.82) is 0 Å². The van der Waals surface area contributed by atoms with Crippen molar-refractivity contribution in [2.75, 3.05) is 44.8 Å². The Morgan fingerprint density at radius 1 is 1.12 bits per heavy atom. The van der Waals surface area contributed by atoms with Crippen LogP contribution in [0.25, 0.3) is 0 Å². The van der Waals surface area contributed by atoms with E-state index in [9.17, 15) is 4.79 Å². The topological polar surface area (TPSA) is 58.6 Å². The molecule has 0 spiro atoms. The number of aromatic nitrogens is 2. The molecule has 1 saturated carbocycles. The first-order chi connectivity index (χ1) is 11.6. The molecule has 1 amide bonds. The Balaban J connectivity index is 1.66. The highest BCUT2D eigenvalue weighted by molar-refractivity contribution is 5.83.